The fourth-order valence-electron chi connectivity index (χ4n) is 6.11. The smallest absolute Gasteiger partial charge is 0.211 e. The number of benzene rings is 4. The van der Waals surface area contributed by atoms with Crippen LogP contribution in [0.2, 0.25) is 0 Å². The Morgan fingerprint density at radius 1 is 0.357 bits per heavy atom. The first kappa shape index (κ1) is 40.3. The van der Waals surface area contributed by atoms with E-state index in [0.29, 0.717) is 39.9 Å². The van der Waals surface area contributed by atoms with E-state index in [-0.39, 0.29) is 78.8 Å². The lowest BCUT2D eigenvalue weighted by atomic mass is 10.1. The minimum absolute atomic E-state index is 0.180. The van der Waals surface area contributed by atoms with Crippen molar-refractivity contribution >= 4 is 21.9 Å². The molecule has 6 aromatic rings. The molecule has 296 valence electrons. The van der Waals surface area contributed by atoms with Gasteiger partial charge in [0, 0.05) is 23.3 Å². The van der Waals surface area contributed by atoms with E-state index < -0.39 is 0 Å². The third kappa shape index (κ3) is 7.18. The topological polar surface area (TPSA) is 162 Å². The quantitative estimate of drug-likeness (QED) is 0.118. The first-order chi connectivity index (χ1) is 27.1. The molecule has 2 heterocycles. The monoisotopic (exact) mass is 774 g/mol. The van der Waals surface area contributed by atoms with Crippen LogP contribution >= 0.6 is 0 Å². The van der Waals surface area contributed by atoms with Crippen LogP contribution in [0.15, 0.2) is 73.0 Å². The summed E-state index contributed by atoms with van der Waals surface area (Å²) >= 11 is 0. The summed E-state index contributed by atoms with van der Waals surface area (Å²) in [6.45, 7) is 0. The van der Waals surface area contributed by atoms with E-state index in [1.54, 1.807) is 56.7 Å². The Balaban J connectivity index is 0.000000215. The Bertz CT molecular complexity index is 2470. The lowest BCUT2D eigenvalue weighted by molar-refractivity contribution is 0.307. The van der Waals surface area contributed by atoms with Crippen molar-refractivity contribution in [3.8, 4) is 85.9 Å². The lowest BCUT2D eigenvalue weighted by Gasteiger charge is -2.18. The highest BCUT2D eigenvalue weighted by atomic mass is 16.6. The van der Waals surface area contributed by atoms with Gasteiger partial charge in [-0.3, -0.25) is 9.59 Å². The second kappa shape index (κ2) is 17.5. The summed E-state index contributed by atoms with van der Waals surface area (Å²) in [6.07, 6.45) is 0. The summed E-state index contributed by atoms with van der Waals surface area (Å²) in [5.74, 6) is 4.39. The maximum atomic E-state index is 13.0. The van der Waals surface area contributed by atoms with E-state index in [2.05, 4.69) is 0 Å². The molecule has 0 atom stereocenters. The molecule has 15 heteroatoms. The number of ether oxygens (including phenoxy) is 11. The van der Waals surface area contributed by atoms with Crippen molar-refractivity contribution in [1.82, 2.24) is 0 Å². The van der Waals surface area contributed by atoms with Crippen LogP contribution in [0.3, 0.4) is 0 Å². The minimum atomic E-state index is -0.327. The zero-order valence-corrected chi connectivity index (χ0v) is 32.8. The maximum Gasteiger partial charge on any atom is 0.211 e. The zero-order chi connectivity index (χ0) is 40.7. The Kier molecular flexibility index (Phi) is 12.6. The Morgan fingerprint density at radius 3 is 1.11 bits per heavy atom. The summed E-state index contributed by atoms with van der Waals surface area (Å²) < 4.78 is 71.3. The van der Waals surface area contributed by atoms with Gasteiger partial charge in [-0.25, -0.2) is 0 Å². The van der Waals surface area contributed by atoms with Gasteiger partial charge in [0.2, 0.25) is 34.5 Å². The number of rotatable bonds is 13. The molecule has 0 aliphatic heterocycles. The van der Waals surface area contributed by atoms with Crippen molar-refractivity contribution in [2.24, 2.45) is 0 Å². The maximum absolute atomic E-state index is 13.0. The molecule has 0 N–H and O–H groups in total. The van der Waals surface area contributed by atoms with Gasteiger partial charge in [0.25, 0.3) is 0 Å². The predicted octanol–water partition coefficient (Wildman–Crippen LogP) is 7.01. The van der Waals surface area contributed by atoms with Gasteiger partial charge < -0.3 is 60.9 Å². The van der Waals surface area contributed by atoms with E-state index in [9.17, 15) is 9.59 Å². The average Bonchev–Trinajstić information content (AvgIpc) is 3.24. The molecule has 0 saturated carbocycles. The number of methoxy groups -OCH3 is 11. The van der Waals surface area contributed by atoms with Gasteiger partial charge >= 0.3 is 0 Å². The molecule has 4 aromatic carbocycles. The van der Waals surface area contributed by atoms with Gasteiger partial charge in [-0.2, -0.15) is 0 Å². The molecule has 0 aliphatic carbocycles. The van der Waals surface area contributed by atoms with Crippen LogP contribution in [0.4, 0.5) is 0 Å². The molecular weight excluding hydrogens is 732 g/mol. The van der Waals surface area contributed by atoms with Crippen LogP contribution in [-0.2, 0) is 0 Å². The Morgan fingerprint density at radius 2 is 0.732 bits per heavy atom. The van der Waals surface area contributed by atoms with E-state index in [0.717, 1.165) is 0 Å². The molecule has 0 spiro atoms. The van der Waals surface area contributed by atoms with E-state index in [1.807, 2.05) is 0 Å². The van der Waals surface area contributed by atoms with Gasteiger partial charge in [-0.1, -0.05) is 0 Å². The van der Waals surface area contributed by atoms with Crippen molar-refractivity contribution in [2.75, 3.05) is 78.2 Å². The number of fused-ring (bicyclic) bond motifs is 2. The summed E-state index contributed by atoms with van der Waals surface area (Å²) in [5, 5.41) is 0.399. The highest BCUT2D eigenvalue weighted by molar-refractivity contribution is 5.96. The first-order valence-electron chi connectivity index (χ1n) is 16.7. The van der Waals surface area contributed by atoms with Crippen molar-refractivity contribution < 1.29 is 60.9 Å². The van der Waals surface area contributed by atoms with Crippen molar-refractivity contribution in [3.63, 3.8) is 0 Å². The minimum Gasteiger partial charge on any atom is -0.497 e. The largest absolute Gasteiger partial charge is 0.497 e. The molecule has 56 heavy (non-hydrogen) atoms. The molecule has 6 rings (SSSR count). The van der Waals surface area contributed by atoms with Gasteiger partial charge in [-0.15, -0.1) is 0 Å². The Hall–Kier alpha value is -6.90. The highest BCUT2D eigenvalue weighted by Gasteiger charge is 2.29. The standard InChI is InChI=1S/C21H22O8.C20H20O7/c1-23-13-8-7-11(9-15(13)24-2)14-10-12(22)16-17(25-3)19(26-4)21(28-6)20(27-5)18(16)29-14;1-22-12-8-6-11(7-9-12)14-10-13(21)15-16(23-2)18(24-3)20(26-5)19(25-4)17(15)27-14/h7-10H,1-6H3;6-10H,1-5H3. The van der Waals surface area contributed by atoms with E-state index in [1.165, 1.54) is 76.1 Å². The number of hydrogen-bond donors (Lipinski definition) is 0. The van der Waals surface area contributed by atoms with Crippen molar-refractivity contribution in [3.05, 3.63) is 75.0 Å². The second-order valence-corrected chi connectivity index (χ2v) is 11.4. The SMILES string of the molecule is COc1ccc(-c2cc(=O)c3c(OC)c(OC)c(OC)c(OC)c3o2)cc1.COc1ccc(-c2cc(=O)c3c(OC)c(OC)c(OC)c(OC)c3o2)cc1OC. The molecule has 0 fully saturated rings. The molecule has 2 aromatic heterocycles. The molecule has 0 unspecified atom stereocenters. The Labute approximate surface area is 321 Å². The molecule has 0 radical (unpaired) electrons. The van der Waals surface area contributed by atoms with Crippen LogP contribution in [0.5, 0.6) is 63.2 Å². The fourth-order valence-corrected chi connectivity index (χ4v) is 6.11. The first-order valence-corrected chi connectivity index (χ1v) is 16.7. The summed E-state index contributed by atoms with van der Waals surface area (Å²) in [6, 6.07) is 15.1. The van der Waals surface area contributed by atoms with Crippen LogP contribution in [-0.4, -0.2) is 78.2 Å². The van der Waals surface area contributed by atoms with E-state index >= 15 is 0 Å². The molecule has 0 aliphatic rings. The van der Waals surface area contributed by atoms with Crippen LogP contribution in [0.1, 0.15) is 0 Å². The van der Waals surface area contributed by atoms with Gasteiger partial charge in [0.05, 0.1) is 78.2 Å². The van der Waals surface area contributed by atoms with Gasteiger partial charge in [0.15, 0.2) is 45.0 Å². The summed E-state index contributed by atoms with van der Waals surface area (Å²) in [4.78, 5) is 25.9. The fraction of sp³-hybridized carbons (Fsp3) is 0.268. The number of hydrogen-bond acceptors (Lipinski definition) is 15. The normalized spacial score (nSPS) is 10.6. The molecule has 0 amide bonds. The van der Waals surface area contributed by atoms with Crippen LogP contribution in [0.25, 0.3) is 44.6 Å². The van der Waals surface area contributed by atoms with Crippen LogP contribution in [0, 0.1) is 0 Å². The average molecular weight is 775 g/mol. The van der Waals surface area contributed by atoms with E-state index in [4.69, 9.17) is 60.9 Å². The predicted molar refractivity (Wildman–Crippen MR) is 208 cm³/mol. The highest BCUT2D eigenvalue weighted by Crippen LogP contribution is 2.52. The molecular formula is C41H42O15. The van der Waals surface area contributed by atoms with Crippen molar-refractivity contribution in [1.29, 1.82) is 0 Å². The van der Waals surface area contributed by atoms with Crippen LogP contribution < -0.4 is 63.0 Å². The third-order valence-corrected chi connectivity index (χ3v) is 8.67. The summed E-state index contributed by atoms with van der Waals surface area (Å²) in [7, 11) is 16.3. The third-order valence-electron chi connectivity index (χ3n) is 8.67. The molecule has 0 bridgehead atoms. The molecule has 15 nitrogen and oxygen atoms in total. The van der Waals surface area contributed by atoms with Crippen molar-refractivity contribution in [2.45, 2.75) is 0 Å². The lowest BCUT2D eigenvalue weighted by Crippen LogP contribution is -2.07. The van der Waals surface area contributed by atoms with Gasteiger partial charge in [0.1, 0.15) is 28.0 Å². The summed E-state index contributed by atoms with van der Waals surface area (Å²) in [5.41, 5.74) is 1.11. The zero-order valence-electron chi connectivity index (χ0n) is 32.8. The second-order valence-electron chi connectivity index (χ2n) is 11.4. The van der Waals surface area contributed by atoms with Gasteiger partial charge in [-0.05, 0) is 42.5 Å². The molecule has 0 saturated heterocycles.